The van der Waals surface area contributed by atoms with E-state index in [1.807, 2.05) is 42.5 Å². The summed E-state index contributed by atoms with van der Waals surface area (Å²) in [7, 11) is 0. The molecule has 0 atom stereocenters. The van der Waals surface area contributed by atoms with Gasteiger partial charge in [0.15, 0.2) is 0 Å². The Hall–Kier alpha value is -4.74. The molecule has 2 amide bonds. The Labute approximate surface area is 214 Å². The van der Waals surface area contributed by atoms with Gasteiger partial charge in [0, 0.05) is 24.5 Å². The van der Waals surface area contributed by atoms with Crippen LogP contribution in [0.2, 0.25) is 0 Å². The van der Waals surface area contributed by atoms with Crippen LogP contribution in [-0.2, 0) is 19.4 Å². The maximum absolute atomic E-state index is 13.5. The second-order valence-corrected chi connectivity index (χ2v) is 8.87. The fourth-order valence-corrected chi connectivity index (χ4v) is 4.54. The lowest BCUT2D eigenvalue weighted by Crippen LogP contribution is -2.41. The van der Waals surface area contributed by atoms with Gasteiger partial charge in [0.05, 0.1) is 29.9 Å². The number of aliphatic hydroxyl groups excluding tert-OH is 1. The van der Waals surface area contributed by atoms with E-state index in [-0.39, 0.29) is 23.8 Å². The molecule has 5 rings (SSSR count). The lowest BCUT2D eigenvalue weighted by molar-refractivity contribution is 0.0947. The summed E-state index contributed by atoms with van der Waals surface area (Å²) in [5, 5.41) is 25.3. The minimum atomic E-state index is -0.453. The van der Waals surface area contributed by atoms with Gasteiger partial charge in [0.2, 0.25) is 0 Å². The Morgan fingerprint density at radius 3 is 2.57 bits per heavy atom. The lowest BCUT2D eigenvalue weighted by Gasteiger charge is -2.28. The molecular formula is C29H25N5O3. The number of aliphatic hydroxyl groups is 1. The topological polar surface area (TPSA) is 111 Å². The normalized spacial score (nSPS) is 12.6. The van der Waals surface area contributed by atoms with Crippen molar-refractivity contribution in [3.63, 3.8) is 0 Å². The number of fused-ring (bicyclic) bond motifs is 1. The molecule has 1 aliphatic heterocycles. The molecule has 0 radical (unpaired) electrons. The van der Waals surface area contributed by atoms with Crippen molar-refractivity contribution in [2.24, 2.45) is 0 Å². The maximum atomic E-state index is 13.5. The molecule has 0 bridgehead atoms. The molecule has 0 fully saturated rings. The molecule has 8 heteroatoms. The van der Waals surface area contributed by atoms with Crippen LogP contribution >= 0.6 is 0 Å². The Kier molecular flexibility index (Phi) is 6.79. The van der Waals surface area contributed by atoms with Crippen molar-refractivity contribution in [3.05, 3.63) is 113 Å². The molecule has 1 aromatic heterocycles. The number of amides is 2. The SMILES string of the molecule is N#Cc1cccc(NC(=O)c2cnn3c2C(=O)N(c2ccc(Cc4cccc(CCO)c4)cc2)CC3)c1. The molecule has 37 heavy (non-hydrogen) atoms. The predicted octanol–water partition coefficient (Wildman–Crippen LogP) is 3.79. The maximum Gasteiger partial charge on any atom is 0.277 e. The zero-order chi connectivity index (χ0) is 25.8. The van der Waals surface area contributed by atoms with Crippen LogP contribution in [0.1, 0.15) is 43.1 Å². The number of carbonyl (C=O) groups excluding carboxylic acids is 2. The number of hydrogen-bond donors (Lipinski definition) is 2. The van der Waals surface area contributed by atoms with Crippen LogP contribution in [0.5, 0.6) is 0 Å². The zero-order valence-electron chi connectivity index (χ0n) is 20.1. The Morgan fingerprint density at radius 1 is 1.00 bits per heavy atom. The number of nitrogens with zero attached hydrogens (tertiary/aromatic N) is 4. The number of nitrogens with one attached hydrogen (secondary N) is 1. The zero-order valence-corrected chi connectivity index (χ0v) is 20.1. The fourth-order valence-electron chi connectivity index (χ4n) is 4.54. The largest absolute Gasteiger partial charge is 0.396 e. The number of carbonyl (C=O) groups is 2. The highest BCUT2D eigenvalue weighted by Gasteiger charge is 2.32. The minimum absolute atomic E-state index is 0.124. The van der Waals surface area contributed by atoms with Gasteiger partial charge in [-0.25, -0.2) is 0 Å². The van der Waals surface area contributed by atoms with Crippen molar-refractivity contribution < 1.29 is 14.7 Å². The first kappa shape index (κ1) is 24.0. The standard InChI is InChI=1S/C29H25N5O3/c30-18-23-5-2-6-24(17-23)32-28(36)26-19-31-34-13-12-33(29(37)27(26)34)25-9-7-21(8-10-25)16-22-4-1-3-20(15-22)11-14-35/h1-10,15,17,19,35H,11-14,16H2,(H,32,36). The number of rotatable bonds is 7. The van der Waals surface area contributed by atoms with E-state index in [9.17, 15) is 14.7 Å². The van der Waals surface area contributed by atoms with Crippen LogP contribution in [0.15, 0.2) is 79.0 Å². The number of benzene rings is 3. The number of aromatic nitrogens is 2. The molecule has 2 N–H and O–H groups in total. The van der Waals surface area contributed by atoms with Gasteiger partial charge in [-0.15, -0.1) is 0 Å². The van der Waals surface area contributed by atoms with Crippen molar-refractivity contribution in [1.29, 1.82) is 5.26 Å². The molecule has 2 heterocycles. The van der Waals surface area contributed by atoms with Gasteiger partial charge in [0.25, 0.3) is 11.8 Å². The van der Waals surface area contributed by atoms with Crippen LogP contribution in [0.3, 0.4) is 0 Å². The Bertz CT molecular complexity index is 1500. The van der Waals surface area contributed by atoms with E-state index >= 15 is 0 Å². The second kappa shape index (κ2) is 10.5. The monoisotopic (exact) mass is 491 g/mol. The third-order valence-corrected chi connectivity index (χ3v) is 6.36. The molecule has 0 spiro atoms. The first-order chi connectivity index (χ1) is 18.1. The lowest BCUT2D eigenvalue weighted by atomic mass is 10.0. The van der Waals surface area contributed by atoms with Gasteiger partial charge in [-0.2, -0.15) is 10.4 Å². The predicted molar refractivity (Wildman–Crippen MR) is 139 cm³/mol. The number of hydrogen-bond acceptors (Lipinski definition) is 5. The van der Waals surface area contributed by atoms with Gasteiger partial charge in [-0.1, -0.05) is 42.5 Å². The van der Waals surface area contributed by atoms with Gasteiger partial charge in [-0.3, -0.25) is 14.3 Å². The molecule has 1 aliphatic rings. The highest BCUT2D eigenvalue weighted by Crippen LogP contribution is 2.25. The van der Waals surface area contributed by atoms with Crippen molar-refractivity contribution in [3.8, 4) is 6.07 Å². The van der Waals surface area contributed by atoms with Gasteiger partial charge in [-0.05, 0) is 59.9 Å². The molecule has 0 saturated carbocycles. The molecular weight excluding hydrogens is 466 g/mol. The molecule has 0 aliphatic carbocycles. The van der Waals surface area contributed by atoms with E-state index in [0.29, 0.717) is 30.8 Å². The third kappa shape index (κ3) is 5.13. The van der Waals surface area contributed by atoms with E-state index < -0.39 is 5.91 Å². The molecule has 184 valence electrons. The van der Waals surface area contributed by atoms with E-state index in [1.165, 1.54) is 6.20 Å². The number of anilines is 2. The summed E-state index contributed by atoms with van der Waals surface area (Å²) >= 11 is 0. The van der Waals surface area contributed by atoms with Crippen LogP contribution in [0.25, 0.3) is 0 Å². The van der Waals surface area contributed by atoms with Crippen molar-refractivity contribution in [2.45, 2.75) is 19.4 Å². The third-order valence-electron chi connectivity index (χ3n) is 6.36. The summed E-state index contributed by atoms with van der Waals surface area (Å²) in [6, 6.07) is 24.7. The second-order valence-electron chi connectivity index (χ2n) is 8.87. The van der Waals surface area contributed by atoms with Crippen molar-refractivity contribution in [2.75, 3.05) is 23.4 Å². The summed E-state index contributed by atoms with van der Waals surface area (Å²) in [6.45, 7) is 1.04. The van der Waals surface area contributed by atoms with Crippen LogP contribution < -0.4 is 10.2 Å². The van der Waals surface area contributed by atoms with Crippen molar-refractivity contribution >= 4 is 23.2 Å². The van der Waals surface area contributed by atoms with Gasteiger partial charge >= 0.3 is 0 Å². The number of nitriles is 1. The minimum Gasteiger partial charge on any atom is -0.396 e. The van der Waals surface area contributed by atoms with Gasteiger partial charge in [0.1, 0.15) is 5.69 Å². The first-order valence-corrected chi connectivity index (χ1v) is 12.0. The van der Waals surface area contributed by atoms with E-state index in [4.69, 9.17) is 5.26 Å². The summed E-state index contributed by atoms with van der Waals surface area (Å²) in [5.41, 5.74) is 5.46. The molecule has 4 aromatic rings. The van der Waals surface area contributed by atoms with Crippen molar-refractivity contribution in [1.82, 2.24) is 9.78 Å². The molecule has 0 unspecified atom stereocenters. The fraction of sp³-hybridized carbons (Fsp3) is 0.172. The smallest absolute Gasteiger partial charge is 0.277 e. The highest BCUT2D eigenvalue weighted by molar-refractivity contribution is 6.15. The summed E-state index contributed by atoms with van der Waals surface area (Å²) in [6.07, 6.45) is 2.79. The summed E-state index contributed by atoms with van der Waals surface area (Å²) in [5.74, 6) is -0.741. The average Bonchev–Trinajstić information content (AvgIpc) is 3.35. The van der Waals surface area contributed by atoms with E-state index in [1.54, 1.807) is 33.8 Å². The molecule has 3 aromatic carbocycles. The molecule has 0 saturated heterocycles. The first-order valence-electron chi connectivity index (χ1n) is 12.0. The summed E-state index contributed by atoms with van der Waals surface area (Å²) in [4.78, 5) is 28.1. The average molecular weight is 492 g/mol. The highest BCUT2D eigenvalue weighted by atomic mass is 16.3. The van der Waals surface area contributed by atoms with Crippen LogP contribution in [0.4, 0.5) is 11.4 Å². The Balaban J connectivity index is 1.32. The van der Waals surface area contributed by atoms with Crippen LogP contribution in [0, 0.1) is 11.3 Å². The van der Waals surface area contributed by atoms with Crippen LogP contribution in [-0.4, -0.2) is 39.9 Å². The molecule has 8 nitrogen and oxygen atoms in total. The summed E-state index contributed by atoms with van der Waals surface area (Å²) < 4.78 is 1.56. The Morgan fingerprint density at radius 2 is 1.78 bits per heavy atom. The van der Waals surface area contributed by atoms with E-state index in [0.717, 1.165) is 28.8 Å². The quantitative estimate of drug-likeness (QED) is 0.409. The van der Waals surface area contributed by atoms with Gasteiger partial charge < -0.3 is 15.3 Å². The van der Waals surface area contributed by atoms with E-state index in [2.05, 4.69) is 22.5 Å².